The molecule has 1 aromatic heterocycles. The van der Waals surface area contributed by atoms with Crippen LogP contribution in [0.5, 0.6) is 5.75 Å². The first-order valence-electron chi connectivity index (χ1n) is 9.00. The number of para-hydroxylation sites is 1. The molecule has 6 heteroatoms. The van der Waals surface area contributed by atoms with Crippen LogP contribution in [-0.4, -0.2) is 17.9 Å². The molecule has 0 radical (unpaired) electrons. The predicted molar refractivity (Wildman–Crippen MR) is 106 cm³/mol. The smallest absolute Gasteiger partial charge is 0.291 e. The molecule has 2 aromatic carbocycles. The molecule has 0 saturated heterocycles. The molecule has 0 fully saturated rings. The maximum absolute atomic E-state index is 12.3. The minimum Gasteiger partial charge on any atom is -0.486 e. The Morgan fingerprint density at radius 3 is 2.32 bits per heavy atom. The number of hydrogen-bond acceptors (Lipinski definition) is 4. The Hall–Kier alpha value is -3.54. The molecule has 0 saturated carbocycles. The van der Waals surface area contributed by atoms with Gasteiger partial charge in [-0.1, -0.05) is 18.2 Å². The second kappa shape index (κ2) is 8.90. The summed E-state index contributed by atoms with van der Waals surface area (Å²) in [7, 11) is 0. The largest absolute Gasteiger partial charge is 0.486 e. The molecule has 0 spiro atoms. The van der Waals surface area contributed by atoms with Gasteiger partial charge in [-0.15, -0.1) is 0 Å². The SMILES string of the molecule is CC(C)NC(=O)c1ccc(NC(=O)c2ccc(COc3ccccc3)o2)cc1. The number of furan rings is 1. The Balaban J connectivity index is 1.56. The number of hydrogen-bond donors (Lipinski definition) is 2. The van der Waals surface area contributed by atoms with Crippen LogP contribution in [0.3, 0.4) is 0 Å². The maximum atomic E-state index is 12.3. The van der Waals surface area contributed by atoms with E-state index < -0.39 is 0 Å². The van der Waals surface area contributed by atoms with Crippen molar-refractivity contribution < 1.29 is 18.7 Å². The molecule has 28 heavy (non-hydrogen) atoms. The Kier molecular flexibility index (Phi) is 6.11. The van der Waals surface area contributed by atoms with Gasteiger partial charge in [0, 0.05) is 17.3 Å². The van der Waals surface area contributed by atoms with Gasteiger partial charge < -0.3 is 19.8 Å². The lowest BCUT2D eigenvalue weighted by molar-refractivity contribution is 0.0942. The Morgan fingerprint density at radius 2 is 1.64 bits per heavy atom. The average molecular weight is 378 g/mol. The summed E-state index contributed by atoms with van der Waals surface area (Å²) in [6.07, 6.45) is 0. The molecular weight excluding hydrogens is 356 g/mol. The fourth-order valence-electron chi connectivity index (χ4n) is 2.49. The molecular formula is C22H22N2O4. The van der Waals surface area contributed by atoms with Gasteiger partial charge in [-0.25, -0.2) is 0 Å². The van der Waals surface area contributed by atoms with Crippen LogP contribution >= 0.6 is 0 Å². The van der Waals surface area contributed by atoms with Gasteiger partial charge in [0.15, 0.2) is 5.76 Å². The lowest BCUT2D eigenvalue weighted by Gasteiger charge is -2.09. The maximum Gasteiger partial charge on any atom is 0.291 e. The molecule has 3 aromatic rings. The summed E-state index contributed by atoms with van der Waals surface area (Å²) in [5.74, 6) is 0.946. The third-order valence-electron chi connectivity index (χ3n) is 3.83. The van der Waals surface area contributed by atoms with E-state index in [1.54, 1.807) is 36.4 Å². The monoisotopic (exact) mass is 378 g/mol. The van der Waals surface area contributed by atoms with Gasteiger partial charge in [-0.2, -0.15) is 0 Å². The summed E-state index contributed by atoms with van der Waals surface area (Å²) < 4.78 is 11.1. The first-order valence-corrected chi connectivity index (χ1v) is 9.00. The third-order valence-corrected chi connectivity index (χ3v) is 3.83. The first-order chi connectivity index (χ1) is 13.5. The van der Waals surface area contributed by atoms with Gasteiger partial charge in [0.1, 0.15) is 18.1 Å². The van der Waals surface area contributed by atoms with Crippen molar-refractivity contribution in [3.8, 4) is 5.75 Å². The summed E-state index contributed by atoms with van der Waals surface area (Å²) >= 11 is 0. The standard InChI is InChI=1S/C22H22N2O4/c1-15(2)23-21(25)16-8-10-17(11-9-16)24-22(26)20-13-12-19(28-20)14-27-18-6-4-3-5-7-18/h3-13,15H,14H2,1-2H3,(H,23,25)(H,24,26). The highest BCUT2D eigenvalue weighted by Crippen LogP contribution is 2.16. The van der Waals surface area contributed by atoms with Crippen LogP contribution in [0.15, 0.2) is 71.1 Å². The molecule has 0 aliphatic rings. The normalized spacial score (nSPS) is 10.5. The number of carbonyl (C=O) groups is 2. The van der Waals surface area contributed by atoms with Crippen molar-refractivity contribution in [3.05, 3.63) is 83.8 Å². The van der Waals surface area contributed by atoms with Crippen LogP contribution in [0.2, 0.25) is 0 Å². The molecule has 2 N–H and O–H groups in total. The fraction of sp³-hybridized carbons (Fsp3) is 0.182. The highest BCUT2D eigenvalue weighted by Gasteiger charge is 2.13. The van der Waals surface area contributed by atoms with Crippen molar-refractivity contribution in [3.63, 3.8) is 0 Å². The van der Waals surface area contributed by atoms with E-state index in [1.807, 2.05) is 44.2 Å². The van der Waals surface area contributed by atoms with Crippen molar-refractivity contribution >= 4 is 17.5 Å². The van der Waals surface area contributed by atoms with E-state index in [4.69, 9.17) is 9.15 Å². The molecule has 0 atom stereocenters. The van der Waals surface area contributed by atoms with E-state index >= 15 is 0 Å². The number of benzene rings is 2. The van der Waals surface area contributed by atoms with Crippen LogP contribution in [0, 0.1) is 0 Å². The lowest BCUT2D eigenvalue weighted by Crippen LogP contribution is -2.30. The van der Waals surface area contributed by atoms with Crippen LogP contribution in [0.25, 0.3) is 0 Å². The van der Waals surface area contributed by atoms with Crippen LogP contribution < -0.4 is 15.4 Å². The number of amides is 2. The molecule has 1 heterocycles. The topological polar surface area (TPSA) is 80.6 Å². The zero-order valence-corrected chi connectivity index (χ0v) is 15.8. The van der Waals surface area contributed by atoms with Crippen molar-refractivity contribution in [1.29, 1.82) is 0 Å². The van der Waals surface area contributed by atoms with Crippen molar-refractivity contribution in [2.24, 2.45) is 0 Å². The number of carbonyl (C=O) groups excluding carboxylic acids is 2. The zero-order chi connectivity index (χ0) is 19.9. The highest BCUT2D eigenvalue weighted by molar-refractivity contribution is 6.02. The van der Waals surface area contributed by atoms with Crippen molar-refractivity contribution in [2.75, 3.05) is 5.32 Å². The first kappa shape index (κ1) is 19.2. The average Bonchev–Trinajstić information content (AvgIpc) is 3.16. The number of rotatable bonds is 7. The van der Waals surface area contributed by atoms with Crippen LogP contribution in [-0.2, 0) is 6.61 Å². The second-order valence-corrected chi connectivity index (χ2v) is 6.53. The summed E-state index contributed by atoms with van der Waals surface area (Å²) in [4.78, 5) is 24.3. The zero-order valence-electron chi connectivity index (χ0n) is 15.8. The molecule has 0 aliphatic carbocycles. The van der Waals surface area contributed by atoms with Gasteiger partial charge in [-0.3, -0.25) is 9.59 Å². The van der Waals surface area contributed by atoms with Crippen LogP contribution in [0.4, 0.5) is 5.69 Å². The van der Waals surface area contributed by atoms with Gasteiger partial charge in [0.2, 0.25) is 0 Å². The van der Waals surface area contributed by atoms with Crippen molar-refractivity contribution in [1.82, 2.24) is 5.32 Å². The summed E-state index contributed by atoms with van der Waals surface area (Å²) in [6, 6.07) is 19.4. The minimum absolute atomic E-state index is 0.0610. The Labute approximate surface area is 163 Å². The number of anilines is 1. The predicted octanol–water partition coefficient (Wildman–Crippen LogP) is 4.25. The molecule has 144 valence electrons. The van der Waals surface area contributed by atoms with Crippen LogP contribution in [0.1, 0.15) is 40.5 Å². The van der Waals surface area contributed by atoms with Gasteiger partial charge >= 0.3 is 0 Å². The summed E-state index contributed by atoms with van der Waals surface area (Å²) in [6.45, 7) is 4.03. The van der Waals surface area contributed by atoms with Gasteiger partial charge in [-0.05, 0) is 62.4 Å². The number of nitrogens with one attached hydrogen (secondary N) is 2. The third kappa shape index (κ3) is 5.23. The fourth-order valence-corrected chi connectivity index (χ4v) is 2.49. The van der Waals surface area contributed by atoms with E-state index in [-0.39, 0.29) is 30.2 Å². The molecule has 0 bridgehead atoms. The van der Waals surface area contributed by atoms with E-state index in [9.17, 15) is 9.59 Å². The Bertz CT molecular complexity index is 931. The number of ether oxygens (including phenoxy) is 1. The quantitative estimate of drug-likeness (QED) is 0.644. The molecule has 2 amide bonds. The lowest BCUT2D eigenvalue weighted by atomic mass is 10.2. The molecule has 0 aliphatic heterocycles. The molecule has 6 nitrogen and oxygen atoms in total. The van der Waals surface area contributed by atoms with E-state index in [0.29, 0.717) is 17.0 Å². The Morgan fingerprint density at radius 1 is 0.929 bits per heavy atom. The molecule has 0 unspecified atom stereocenters. The van der Waals surface area contributed by atoms with E-state index in [1.165, 1.54) is 0 Å². The van der Waals surface area contributed by atoms with Crippen molar-refractivity contribution in [2.45, 2.75) is 26.5 Å². The van der Waals surface area contributed by atoms with E-state index in [0.717, 1.165) is 5.75 Å². The molecule has 3 rings (SSSR count). The van der Waals surface area contributed by atoms with Gasteiger partial charge in [0.05, 0.1) is 0 Å². The summed E-state index contributed by atoms with van der Waals surface area (Å²) in [5.41, 5.74) is 1.11. The van der Waals surface area contributed by atoms with E-state index in [2.05, 4.69) is 10.6 Å². The second-order valence-electron chi connectivity index (χ2n) is 6.53. The minimum atomic E-state index is -0.370. The highest BCUT2D eigenvalue weighted by atomic mass is 16.5. The van der Waals surface area contributed by atoms with Gasteiger partial charge in [0.25, 0.3) is 11.8 Å². The summed E-state index contributed by atoms with van der Waals surface area (Å²) in [5, 5.41) is 5.57.